The molecule has 0 unspecified atom stereocenters. The summed E-state index contributed by atoms with van der Waals surface area (Å²) in [6.45, 7) is 4.07. The van der Waals surface area contributed by atoms with Gasteiger partial charge in [-0.05, 0) is 48.7 Å². The fraction of sp³-hybridized carbons (Fsp3) is 0.176. The molecule has 0 atom stereocenters. The molecule has 24 heavy (non-hydrogen) atoms. The van der Waals surface area contributed by atoms with Gasteiger partial charge in [0.1, 0.15) is 0 Å². The van der Waals surface area contributed by atoms with Gasteiger partial charge in [-0.1, -0.05) is 18.2 Å². The van der Waals surface area contributed by atoms with Crippen LogP contribution in [0, 0.1) is 13.8 Å². The third kappa shape index (κ3) is 2.61. The number of anilines is 1. The van der Waals surface area contributed by atoms with Gasteiger partial charge in [0.2, 0.25) is 0 Å². The van der Waals surface area contributed by atoms with Crippen molar-refractivity contribution < 1.29 is 22.6 Å². The highest BCUT2D eigenvalue weighted by molar-refractivity contribution is 7.85. The highest BCUT2D eigenvalue weighted by atomic mass is 32.2. The largest absolute Gasteiger partial charge is 0.300 e. The van der Waals surface area contributed by atoms with Crippen molar-refractivity contribution >= 4 is 27.5 Å². The number of hydrogen-bond donors (Lipinski definition) is 1. The number of fused-ring (bicyclic) bond motifs is 1. The molecule has 0 aromatic heterocycles. The van der Waals surface area contributed by atoms with Crippen molar-refractivity contribution in [2.24, 2.45) is 0 Å². The lowest BCUT2D eigenvalue weighted by molar-refractivity contribution is -0.114. The van der Waals surface area contributed by atoms with Crippen LogP contribution in [0.5, 0.6) is 0 Å². The van der Waals surface area contributed by atoms with Gasteiger partial charge < -0.3 is 4.90 Å². The van der Waals surface area contributed by atoms with E-state index in [1.807, 2.05) is 32.0 Å². The Morgan fingerprint density at radius 2 is 1.67 bits per heavy atom. The van der Waals surface area contributed by atoms with E-state index in [9.17, 15) is 18.0 Å². The second-order valence-corrected chi connectivity index (χ2v) is 7.17. The van der Waals surface area contributed by atoms with E-state index in [0.717, 1.165) is 22.8 Å². The molecule has 0 saturated carbocycles. The van der Waals surface area contributed by atoms with Gasteiger partial charge in [0.15, 0.2) is 0 Å². The lowest BCUT2D eigenvalue weighted by atomic mass is 10.0. The molecule has 1 aliphatic heterocycles. The van der Waals surface area contributed by atoms with E-state index in [-0.39, 0.29) is 12.1 Å². The van der Waals surface area contributed by atoms with E-state index in [4.69, 9.17) is 4.55 Å². The van der Waals surface area contributed by atoms with Crippen LogP contribution < -0.4 is 4.90 Å². The quantitative estimate of drug-likeness (QED) is 0.681. The maximum atomic E-state index is 12.3. The Hall–Kier alpha value is -2.51. The van der Waals surface area contributed by atoms with Gasteiger partial charge in [-0.15, -0.1) is 0 Å². The molecule has 0 aliphatic carbocycles. The molecule has 1 aliphatic rings. The third-order valence-electron chi connectivity index (χ3n) is 4.20. The molecule has 6 nitrogen and oxygen atoms in total. The van der Waals surface area contributed by atoms with E-state index in [1.54, 1.807) is 0 Å². The van der Waals surface area contributed by atoms with Gasteiger partial charge in [0.05, 0.1) is 22.7 Å². The van der Waals surface area contributed by atoms with Crippen LogP contribution in [0.25, 0.3) is 0 Å². The van der Waals surface area contributed by atoms with Crippen LogP contribution in [0.2, 0.25) is 0 Å². The molecule has 2 aromatic rings. The number of rotatable bonds is 3. The van der Waals surface area contributed by atoms with Crippen LogP contribution in [0.3, 0.4) is 0 Å². The van der Waals surface area contributed by atoms with Gasteiger partial charge >= 0.3 is 0 Å². The van der Waals surface area contributed by atoms with E-state index in [2.05, 4.69) is 0 Å². The smallest absolute Gasteiger partial charge is 0.299 e. The van der Waals surface area contributed by atoms with Crippen LogP contribution >= 0.6 is 0 Å². The summed E-state index contributed by atoms with van der Waals surface area (Å²) in [7, 11) is -4.44. The number of amides is 1. The molecule has 0 radical (unpaired) electrons. The molecule has 124 valence electrons. The lowest BCUT2D eigenvalue weighted by Gasteiger charge is -2.19. The Balaban J connectivity index is 2.07. The average Bonchev–Trinajstić information content (AvgIpc) is 2.74. The number of nitrogens with zero attached hydrogens (tertiary/aromatic N) is 1. The van der Waals surface area contributed by atoms with Gasteiger partial charge in [0, 0.05) is 0 Å². The van der Waals surface area contributed by atoms with Gasteiger partial charge in [-0.3, -0.25) is 14.1 Å². The van der Waals surface area contributed by atoms with Crippen molar-refractivity contribution in [1.29, 1.82) is 0 Å². The minimum atomic E-state index is -4.44. The molecule has 0 bridgehead atoms. The SMILES string of the molecule is Cc1cccc(C)c1CN1C(=O)C(=O)c2cc(S(=O)(=O)O)ccc21. The normalized spacial score (nSPS) is 14.2. The summed E-state index contributed by atoms with van der Waals surface area (Å²) in [5.74, 6) is -1.48. The molecule has 0 spiro atoms. The molecule has 1 heterocycles. The first kappa shape index (κ1) is 16.4. The van der Waals surface area contributed by atoms with E-state index >= 15 is 0 Å². The molecule has 1 N–H and O–H groups in total. The molecule has 2 aromatic carbocycles. The monoisotopic (exact) mass is 345 g/mol. The standard InChI is InChI=1S/C17H15NO5S/c1-10-4-3-5-11(2)14(10)9-18-15-7-6-12(24(21,22)23)8-13(15)16(19)17(18)20/h3-8H,9H2,1-2H3,(H,21,22,23). The fourth-order valence-electron chi connectivity index (χ4n) is 2.85. The molecule has 3 rings (SSSR count). The van der Waals surface area contributed by atoms with Crippen LogP contribution in [0.15, 0.2) is 41.3 Å². The highest BCUT2D eigenvalue weighted by Gasteiger charge is 2.37. The average molecular weight is 345 g/mol. The fourth-order valence-corrected chi connectivity index (χ4v) is 3.36. The van der Waals surface area contributed by atoms with Crippen molar-refractivity contribution in [2.75, 3.05) is 4.90 Å². The summed E-state index contributed by atoms with van der Waals surface area (Å²) in [4.78, 5) is 25.4. The zero-order valence-corrected chi connectivity index (χ0v) is 13.9. The van der Waals surface area contributed by atoms with Crippen LogP contribution in [0.1, 0.15) is 27.0 Å². The van der Waals surface area contributed by atoms with E-state index in [0.29, 0.717) is 5.69 Å². The zero-order chi connectivity index (χ0) is 17.6. The highest BCUT2D eigenvalue weighted by Crippen LogP contribution is 2.33. The first-order chi connectivity index (χ1) is 11.2. The molecular weight excluding hydrogens is 330 g/mol. The van der Waals surface area contributed by atoms with Crippen LogP contribution in [-0.4, -0.2) is 24.7 Å². The molecule has 0 saturated heterocycles. The number of hydrogen-bond acceptors (Lipinski definition) is 4. The van der Waals surface area contributed by atoms with Gasteiger partial charge in [-0.25, -0.2) is 0 Å². The van der Waals surface area contributed by atoms with Gasteiger partial charge in [0.25, 0.3) is 21.8 Å². The van der Waals surface area contributed by atoms with Crippen molar-refractivity contribution in [3.63, 3.8) is 0 Å². The summed E-state index contributed by atoms with van der Waals surface area (Å²) in [5.41, 5.74) is 3.27. The predicted molar refractivity (Wildman–Crippen MR) is 87.7 cm³/mol. The predicted octanol–water partition coefficient (Wildman–Crippen LogP) is 2.28. The Labute approximate surface area is 139 Å². The van der Waals surface area contributed by atoms with Crippen LogP contribution in [0.4, 0.5) is 5.69 Å². The Kier molecular flexibility index (Phi) is 3.77. The van der Waals surface area contributed by atoms with E-state index < -0.39 is 26.7 Å². The maximum Gasteiger partial charge on any atom is 0.299 e. The van der Waals surface area contributed by atoms with E-state index in [1.165, 1.54) is 17.0 Å². The van der Waals surface area contributed by atoms with Crippen molar-refractivity contribution in [3.8, 4) is 0 Å². The summed E-state index contributed by atoms with van der Waals surface area (Å²) in [6, 6.07) is 9.35. The van der Waals surface area contributed by atoms with Crippen molar-refractivity contribution in [1.82, 2.24) is 0 Å². The zero-order valence-electron chi connectivity index (χ0n) is 13.1. The lowest BCUT2D eigenvalue weighted by Crippen LogP contribution is -2.29. The van der Waals surface area contributed by atoms with Crippen molar-refractivity contribution in [2.45, 2.75) is 25.3 Å². The number of ketones is 1. The van der Waals surface area contributed by atoms with Crippen LogP contribution in [-0.2, 0) is 21.5 Å². The second-order valence-electron chi connectivity index (χ2n) is 5.74. The number of Topliss-reactive ketones (excluding diaryl/α,β-unsaturated/α-hetero) is 1. The first-order valence-electron chi connectivity index (χ1n) is 7.23. The third-order valence-corrected chi connectivity index (χ3v) is 5.05. The Bertz CT molecular complexity index is 958. The molecule has 1 amide bonds. The molecule has 0 fully saturated rings. The molecule has 7 heteroatoms. The van der Waals surface area contributed by atoms with Gasteiger partial charge in [-0.2, -0.15) is 8.42 Å². The summed E-state index contributed by atoms with van der Waals surface area (Å²) in [6.07, 6.45) is 0. The second kappa shape index (κ2) is 5.54. The summed E-state index contributed by atoms with van der Waals surface area (Å²) in [5, 5.41) is 0. The summed E-state index contributed by atoms with van der Waals surface area (Å²) < 4.78 is 31.6. The topological polar surface area (TPSA) is 91.8 Å². The minimum absolute atomic E-state index is 0.0126. The Morgan fingerprint density at radius 1 is 1.04 bits per heavy atom. The summed E-state index contributed by atoms with van der Waals surface area (Å²) >= 11 is 0. The number of benzene rings is 2. The number of carbonyl (C=O) groups excluding carboxylic acids is 2. The Morgan fingerprint density at radius 3 is 2.25 bits per heavy atom. The number of aryl methyl sites for hydroxylation is 2. The van der Waals surface area contributed by atoms with Crippen molar-refractivity contribution in [3.05, 3.63) is 58.7 Å². The minimum Gasteiger partial charge on any atom is -0.300 e. The first-order valence-corrected chi connectivity index (χ1v) is 8.67. The number of carbonyl (C=O) groups is 2. The molecular formula is C17H15NO5S. The maximum absolute atomic E-state index is 12.3.